The van der Waals surface area contributed by atoms with E-state index in [1.54, 1.807) is 0 Å². The number of nitrogens with one attached hydrogen (secondary N) is 2. The molecule has 5 nitrogen and oxygen atoms in total. The largest absolute Gasteiger partial charge is 0.363 e. The molecule has 5 heteroatoms. The number of para-hydroxylation sites is 1. The van der Waals surface area contributed by atoms with Gasteiger partial charge in [-0.05, 0) is 24.5 Å². The number of nitrogens with zero attached hydrogens (tertiary/aromatic N) is 1. The molecule has 0 saturated heterocycles. The Bertz CT molecular complexity index is 450. The van der Waals surface area contributed by atoms with E-state index in [4.69, 9.17) is 0 Å². The molecule has 1 aromatic rings. The molecule has 0 aliphatic rings. The van der Waals surface area contributed by atoms with Gasteiger partial charge >= 0.3 is 0 Å². The van der Waals surface area contributed by atoms with Gasteiger partial charge in [0.05, 0.1) is 4.92 Å². The summed E-state index contributed by atoms with van der Waals surface area (Å²) in [5.74, 6) is 0.388. The molecule has 0 heterocycles. The summed E-state index contributed by atoms with van der Waals surface area (Å²) in [5, 5.41) is 16.8. The van der Waals surface area contributed by atoms with Crippen LogP contribution in [0.5, 0.6) is 0 Å². The molecule has 0 aliphatic heterocycles. The molecule has 1 aromatic carbocycles. The van der Waals surface area contributed by atoms with E-state index in [0.29, 0.717) is 5.82 Å². The third-order valence-corrected chi connectivity index (χ3v) is 2.96. The van der Waals surface area contributed by atoms with Crippen molar-refractivity contribution in [3.05, 3.63) is 52.5 Å². The zero-order valence-corrected chi connectivity index (χ0v) is 11.8. The predicted molar refractivity (Wildman–Crippen MR) is 77.2 cm³/mol. The minimum absolute atomic E-state index is 0.00799. The summed E-state index contributed by atoms with van der Waals surface area (Å²) in [6, 6.07) is 9.45. The fourth-order valence-electron chi connectivity index (χ4n) is 1.34. The Hall–Kier alpha value is -2.04. The van der Waals surface area contributed by atoms with E-state index >= 15 is 0 Å². The lowest BCUT2D eigenvalue weighted by atomic mass is 9.88. The second-order valence-corrected chi connectivity index (χ2v) is 5.55. The van der Waals surface area contributed by atoms with E-state index in [1.807, 2.05) is 37.3 Å². The van der Waals surface area contributed by atoms with Gasteiger partial charge in [0.15, 0.2) is 5.82 Å². The van der Waals surface area contributed by atoms with Gasteiger partial charge < -0.3 is 10.6 Å². The van der Waals surface area contributed by atoms with Gasteiger partial charge in [0.25, 0.3) is 6.20 Å². The van der Waals surface area contributed by atoms with Crippen LogP contribution < -0.4 is 10.6 Å². The average molecular weight is 263 g/mol. The Morgan fingerprint density at radius 2 is 1.89 bits per heavy atom. The van der Waals surface area contributed by atoms with Crippen molar-refractivity contribution < 1.29 is 4.92 Å². The lowest BCUT2D eigenvalue weighted by molar-refractivity contribution is -0.403. The zero-order chi connectivity index (χ0) is 14.5. The maximum atomic E-state index is 10.7. The van der Waals surface area contributed by atoms with Crippen LogP contribution in [0.4, 0.5) is 5.69 Å². The maximum Gasteiger partial charge on any atom is 0.274 e. The second kappa shape index (κ2) is 6.22. The van der Waals surface area contributed by atoms with Crippen molar-refractivity contribution >= 4 is 5.69 Å². The van der Waals surface area contributed by atoms with E-state index in [9.17, 15) is 10.1 Å². The lowest BCUT2D eigenvalue weighted by Gasteiger charge is -2.29. The topological polar surface area (TPSA) is 67.2 Å². The summed E-state index contributed by atoms with van der Waals surface area (Å²) < 4.78 is 0. The van der Waals surface area contributed by atoms with Crippen molar-refractivity contribution in [2.24, 2.45) is 5.41 Å². The summed E-state index contributed by atoms with van der Waals surface area (Å²) >= 11 is 0. The molecule has 1 rings (SSSR count). The summed E-state index contributed by atoms with van der Waals surface area (Å²) in [5.41, 5.74) is 0.817. The summed E-state index contributed by atoms with van der Waals surface area (Å²) in [6.45, 7) is 8.24. The number of anilines is 1. The number of benzene rings is 1. The second-order valence-electron chi connectivity index (χ2n) is 5.55. The van der Waals surface area contributed by atoms with Crippen LogP contribution in [0.1, 0.15) is 27.7 Å². The molecule has 0 saturated carbocycles. The minimum atomic E-state index is -0.465. The van der Waals surface area contributed by atoms with E-state index in [2.05, 4.69) is 31.4 Å². The standard InChI is InChI=1S/C14H21N3O2/c1-11(14(2,3)4)15-13(10-17(18)19)16-12-8-6-5-7-9-12/h5-11,15-16H,1-4H3/b13-10+. The molecule has 19 heavy (non-hydrogen) atoms. The van der Waals surface area contributed by atoms with Gasteiger partial charge in [-0.15, -0.1) is 0 Å². The first-order valence-corrected chi connectivity index (χ1v) is 6.23. The molecule has 2 N–H and O–H groups in total. The van der Waals surface area contributed by atoms with E-state index in [1.165, 1.54) is 0 Å². The van der Waals surface area contributed by atoms with Crippen LogP contribution in [0, 0.1) is 15.5 Å². The van der Waals surface area contributed by atoms with Gasteiger partial charge in [-0.3, -0.25) is 10.1 Å². The normalized spacial score (nSPS) is 13.8. The van der Waals surface area contributed by atoms with E-state index in [-0.39, 0.29) is 11.5 Å². The lowest BCUT2D eigenvalue weighted by Crippen LogP contribution is -2.39. The molecule has 0 radical (unpaired) electrons. The van der Waals surface area contributed by atoms with Crippen LogP contribution >= 0.6 is 0 Å². The average Bonchev–Trinajstić information content (AvgIpc) is 2.28. The number of hydrogen-bond donors (Lipinski definition) is 2. The first-order valence-electron chi connectivity index (χ1n) is 6.23. The van der Waals surface area contributed by atoms with Crippen molar-refractivity contribution in [1.29, 1.82) is 0 Å². The predicted octanol–water partition coefficient (Wildman–Crippen LogP) is 3.20. The van der Waals surface area contributed by atoms with E-state index < -0.39 is 4.92 Å². The molecular weight excluding hydrogens is 242 g/mol. The van der Waals surface area contributed by atoms with Gasteiger partial charge in [-0.25, -0.2) is 0 Å². The van der Waals surface area contributed by atoms with Gasteiger partial charge in [-0.2, -0.15) is 0 Å². The van der Waals surface area contributed by atoms with Crippen molar-refractivity contribution in [3.63, 3.8) is 0 Å². The number of nitro groups is 1. The van der Waals surface area contributed by atoms with Crippen LogP contribution in [0.15, 0.2) is 42.4 Å². The summed E-state index contributed by atoms with van der Waals surface area (Å²) in [7, 11) is 0. The fraction of sp³-hybridized carbons (Fsp3) is 0.429. The van der Waals surface area contributed by atoms with Crippen molar-refractivity contribution in [2.75, 3.05) is 5.32 Å². The summed E-state index contributed by atoms with van der Waals surface area (Å²) in [4.78, 5) is 10.2. The Morgan fingerprint density at radius 1 is 1.32 bits per heavy atom. The number of rotatable bonds is 5. The molecule has 104 valence electrons. The highest BCUT2D eigenvalue weighted by Crippen LogP contribution is 2.20. The third-order valence-electron chi connectivity index (χ3n) is 2.96. The molecule has 0 amide bonds. The molecule has 1 atom stereocenters. The smallest absolute Gasteiger partial charge is 0.274 e. The van der Waals surface area contributed by atoms with Crippen molar-refractivity contribution in [1.82, 2.24) is 5.32 Å². The molecule has 0 aromatic heterocycles. The monoisotopic (exact) mass is 263 g/mol. The maximum absolute atomic E-state index is 10.7. The van der Waals surface area contributed by atoms with Crippen LogP contribution in [0.2, 0.25) is 0 Å². The van der Waals surface area contributed by atoms with Gasteiger partial charge in [0.2, 0.25) is 0 Å². The van der Waals surface area contributed by atoms with Crippen molar-refractivity contribution in [3.8, 4) is 0 Å². The van der Waals surface area contributed by atoms with Crippen LogP contribution in [-0.2, 0) is 0 Å². The SMILES string of the molecule is CC(N/C(=C\[N+](=O)[O-])Nc1ccccc1)C(C)(C)C. The highest BCUT2D eigenvalue weighted by atomic mass is 16.6. The Balaban J connectivity index is 2.82. The molecule has 0 aliphatic carbocycles. The number of hydrogen-bond acceptors (Lipinski definition) is 4. The van der Waals surface area contributed by atoms with Gasteiger partial charge in [0, 0.05) is 11.7 Å². The molecule has 0 spiro atoms. The van der Waals surface area contributed by atoms with Crippen LogP contribution in [0.3, 0.4) is 0 Å². The van der Waals surface area contributed by atoms with Gasteiger partial charge in [0.1, 0.15) is 0 Å². The highest BCUT2D eigenvalue weighted by Gasteiger charge is 2.21. The Labute approximate surface area is 113 Å². The quantitative estimate of drug-likeness (QED) is 0.632. The molecular formula is C14H21N3O2. The minimum Gasteiger partial charge on any atom is -0.363 e. The van der Waals surface area contributed by atoms with Crippen LogP contribution in [0.25, 0.3) is 0 Å². The first kappa shape index (κ1) is 15.0. The molecule has 0 fully saturated rings. The Kier molecular flexibility index (Phi) is 4.92. The molecule has 1 unspecified atom stereocenters. The highest BCUT2D eigenvalue weighted by molar-refractivity contribution is 5.47. The third kappa shape index (κ3) is 5.42. The zero-order valence-electron chi connectivity index (χ0n) is 11.8. The van der Waals surface area contributed by atoms with Crippen molar-refractivity contribution in [2.45, 2.75) is 33.7 Å². The molecule has 0 bridgehead atoms. The summed E-state index contributed by atoms with van der Waals surface area (Å²) in [6.07, 6.45) is 0.954. The Morgan fingerprint density at radius 3 is 2.37 bits per heavy atom. The first-order chi connectivity index (χ1) is 8.79. The van der Waals surface area contributed by atoms with Gasteiger partial charge in [-0.1, -0.05) is 39.0 Å². The fourth-order valence-corrected chi connectivity index (χ4v) is 1.34. The van der Waals surface area contributed by atoms with E-state index in [0.717, 1.165) is 11.9 Å². The van der Waals surface area contributed by atoms with Crippen LogP contribution in [-0.4, -0.2) is 11.0 Å².